The quantitative estimate of drug-likeness (QED) is 0.571. The normalized spacial score (nSPS) is 8.47. The van der Waals surface area contributed by atoms with Crippen LogP contribution >= 0.6 is 0 Å². The molecule has 4 nitrogen and oxygen atoms in total. The van der Waals surface area contributed by atoms with Gasteiger partial charge in [0.05, 0.1) is 0 Å². The molecule has 0 atom stereocenters. The SMILES string of the molecule is CC(C)[O-].CC(C)[O-].CC(C)[O-].CC(C)[O-].[Zr+4]. The Balaban J connectivity index is -0.0000000369. The summed E-state index contributed by atoms with van der Waals surface area (Å²) in [6.07, 6.45) is -1.67. The van der Waals surface area contributed by atoms with Crippen molar-refractivity contribution in [1.82, 2.24) is 0 Å². The summed E-state index contributed by atoms with van der Waals surface area (Å²) in [6, 6.07) is 0. The smallest absolute Gasteiger partial charge is 0.852 e. The van der Waals surface area contributed by atoms with E-state index >= 15 is 0 Å². The first-order valence-corrected chi connectivity index (χ1v) is 5.56. The van der Waals surface area contributed by atoms with Gasteiger partial charge in [0, 0.05) is 0 Å². The van der Waals surface area contributed by atoms with Gasteiger partial charge in [-0.3, -0.25) is 0 Å². The Kier molecular flexibility index (Phi) is 46.0. The van der Waals surface area contributed by atoms with E-state index in [1.807, 2.05) is 0 Å². The fourth-order valence-corrected chi connectivity index (χ4v) is 0. The van der Waals surface area contributed by atoms with E-state index in [0.717, 1.165) is 0 Å². The molecule has 0 bridgehead atoms. The van der Waals surface area contributed by atoms with Crippen LogP contribution in [0, 0.1) is 0 Å². The second kappa shape index (κ2) is 25.5. The molecule has 0 amide bonds. The van der Waals surface area contributed by atoms with Crippen LogP contribution in [-0.4, -0.2) is 24.4 Å². The van der Waals surface area contributed by atoms with Crippen LogP contribution in [0.15, 0.2) is 0 Å². The van der Waals surface area contributed by atoms with Gasteiger partial charge in [0.25, 0.3) is 0 Å². The van der Waals surface area contributed by atoms with Gasteiger partial charge < -0.3 is 20.4 Å². The molecule has 0 aromatic rings. The van der Waals surface area contributed by atoms with Gasteiger partial charge in [0.1, 0.15) is 0 Å². The van der Waals surface area contributed by atoms with Crippen molar-refractivity contribution in [2.45, 2.75) is 79.8 Å². The van der Waals surface area contributed by atoms with E-state index in [1.54, 1.807) is 55.4 Å². The molecule has 0 N–H and O–H groups in total. The fourth-order valence-electron chi connectivity index (χ4n) is 0. The number of hydrogen-bond donors (Lipinski definition) is 0. The van der Waals surface area contributed by atoms with Crippen molar-refractivity contribution in [1.29, 1.82) is 0 Å². The maximum atomic E-state index is 9.53. The first kappa shape index (κ1) is 30.6. The van der Waals surface area contributed by atoms with Gasteiger partial charge in [0.2, 0.25) is 0 Å². The summed E-state index contributed by atoms with van der Waals surface area (Å²) in [6.45, 7) is 12.9. The third kappa shape index (κ3) is 6930. The van der Waals surface area contributed by atoms with Crippen molar-refractivity contribution in [3.8, 4) is 0 Å². The van der Waals surface area contributed by atoms with Gasteiger partial charge in [-0.15, -0.1) is 24.4 Å². The molecular formula is C12H28O4Zr. The molecule has 0 aliphatic carbocycles. The van der Waals surface area contributed by atoms with E-state index < -0.39 is 24.4 Å². The minimum absolute atomic E-state index is 0. The molecule has 0 aliphatic rings. The number of hydrogen-bond acceptors (Lipinski definition) is 4. The summed E-state index contributed by atoms with van der Waals surface area (Å²) in [5, 5.41) is 38.1. The molecule has 0 heterocycles. The van der Waals surface area contributed by atoms with Crippen LogP contribution in [0.5, 0.6) is 0 Å². The summed E-state index contributed by atoms with van der Waals surface area (Å²) in [4.78, 5) is 0. The molecular weight excluding hydrogens is 299 g/mol. The van der Waals surface area contributed by atoms with E-state index in [1.165, 1.54) is 0 Å². The third-order valence-corrected chi connectivity index (χ3v) is 0. The Hall–Kier alpha value is 0.723. The Bertz CT molecular complexity index is 61.5. The monoisotopic (exact) mass is 326 g/mol. The van der Waals surface area contributed by atoms with Gasteiger partial charge in [-0.05, 0) is 0 Å². The summed E-state index contributed by atoms with van der Waals surface area (Å²) in [5.41, 5.74) is 0. The van der Waals surface area contributed by atoms with Crippen LogP contribution in [-0.2, 0) is 26.2 Å². The van der Waals surface area contributed by atoms with Crippen LogP contribution in [0.25, 0.3) is 0 Å². The van der Waals surface area contributed by atoms with Gasteiger partial charge in [-0.1, -0.05) is 55.4 Å². The molecule has 0 aliphatic heterocycles. The van der Waals surface area contributed by atoms with Gasteiger partial charge in [-0.25, -0.2) is 0 Å². The summed E-state index contributed by atoms with van der Waals surface area (Å²) < 4.78 is 0. The topological polar surface area (TPSA) is 92.2 Å². The van der Waals surface area contributed by atoms with Crippen LogP contribution in [0.4, 0.5) is 0 Å². The molecule has 0 spiro atoms. The van der Waals surface area contributed by atoms with Crippen molar-refractivity contribution < 1.29 is 46.6 Å². The molecule has 104 valence electrons. The summed E-state index contributed by atoms with van der Waals surface area (Å²) >= 11 is 0. The second-order valence-corrected chi connectivity index (χ2v) is 4.20. The first-order valence-electron chi connectivity index (χ1n) is 5.56. The average Bonchev–Trinajstić information content (AvgIpc) is 1.76. The first-order chi connectivity index (χ1) is 6.93. The Morgan fingerprint density at radius 3 is 0.412 bits per heavy atom. The molecule has 0 aromatic carbocycles. The van der Waals surface area contributed by atoms with E-state index in [9.17, 15) is 20.4 Å². The third-order valence-electron chi connectivity index (χ3n) is 0. The van der Waals surface area contributed by atoms with Gasteiger partial charge in [0.15, 0.2) is 0 Å². The summed E-state index contributed by atoms with van der Waals surface area (Å²) in [5.74, 6) is 0. The van der Waals surface area contributed by atoms with Crippen molar-refractivity contribution in [2.75, 3.05) is 0 Å². The van der Waals surface area contributed by atoms with Crippen LogP contribution in [0.1, 0.15) is 55.4 Å². The van der Waals surface area contributed by atoms with Gasteiger partial charge >= 0.3 is 26.2 Å². The van der Waals surface area contributed by atoms with E-state index in [-0.39, 0.29) is 26.2 Å². The zero-order valence-corrected chi connectivity index (χ0v) is 14.9. The largest absolute Gasteiger partial charge is 4.00 e. The Morgan fingerprint density at radius 2 is 0.412 bits per heavy atom. The number of rotatable bonds is 0. The van der Waals surface area contributed by atoms with Crippen molar-refractivity contribution in [3.05, 3.63) is 0 Å². The molecule has 0 saturated carbocycles. The Morgan fingerprint density at radius 1 is 0.412 bits per heavy atom. The van der Waals surface area contributed by atoms with Crippen LogP contribution in [0.3, 0.4) is 0 Å². The zero-order valence-electron chi connectivity index (χ0n) is 12.4. The molecule has 5 heteroatoms. The fraction of sp³-hybridized carbons (Fsp3) is 1.00. The molecule has 0 aromatic heterocycles. The van der Waals surface area contributed by atoms with Crippen LogP contribution in [0.2, 0.25) is 0 Å². The molecule has 0 radical (unpaired) electrons. The minimum Gasteiger partial charge on any atom is -0.852 e. The molecule has 0 unspecified atom stereocenters. The standard InChI is InChI=1S/4C3H7O.Zr/c4*1-3(2)4;/h4*3H,1-2H3;/q4*-1;+4. The molecule has 0 rings (SSSR count). The van der Waals surface area contributed by atoms with Gasteiger partial charge in [-0.2, -0.15) is 0 Å². The van der Waals surface area contributed by atoms with Crippen LogP contribution < -0.4 is 20.4 Å². The maximum absolute atomic E-state index is 9.53. The van der Waals surface area contributed by atoms with Crippen molar-refractivity contribution >= 4 is 0 Å². The van der Waals surface area contributed by atoms with E-state index in [4.69, 9.17) is 0 Å². The Labute approximate surface area is 126 Å². The van der Waals surface area contributed by atoms with E-state index in [2.05, 4.69) is 0 Å². The molecule has 17 heavy (non-hydrogen) atoms. The zero-order chi connectivity index (χ0) is 14.3. The van der Waals surface area contributed by atoms with Crippen molar-refractivity contribution in [3.63, 3.8) is 0 Å². The van der Waals surface area contributed by atoms with E-state index in [0.29, 0.717) is 0 Å². The van der Waals surface area contributed by atoms with Crippen molar-refractivity contribution in [2.24, 2.45) is 0 Å². The predicted molar refractivity (Wildman–Crippen MR) is 60.5 cm³/mol. The second-order valence-electron chi connectivity index (χ2n) is 4.20. The molecule has 0 saturated heterocycles. The predicted octanol–water partition coefficient (Wildman–Crippen LogP) is -0.982. The summed E-state index contributed by atoms with van der Waals surface area (Å²) in [7, 11) is 0. The minimum atomic E-state index is -0.417. The average molecular weight is 328 g/mol. The molecule has 0 fully saturated rings. The maximum Gasteiger partial charge on any atom is 4.00 e.